The van der Waals surface area contributed by atoms with Gasteiger partial charge in [-0.3, -0.25) is 19.7 Å². The molecule has 2 aliphatic rings. The summed E-state index contributed by atoms with van der Waals surface area (Å²) < 4.78 is 20.2. The fourth-order valence-electron chi connectivity index (χ4n) is 2.48. The molecule has 0 saturated carbocycles. The Morgan fingerprint density at radius 1 is 0.833 bits per heavy atom. The monoisotopic (exact) mass is 513 g/mol. The van der Waals surface area contributed by atoms with Crippen LogP contribution in [-0.2, 0) is 4.84 Å². The highest BCUT2D eigenvalue weighted by atomic mass is 16.9. The van der Waals surface area contributed by atoms with Crippen LogP contribution in [0.5, 0.6) is 23.0 Å². The van der Waals surface area contributed by atoms with Crippen LogP contribution in [0.3, 0.4) is 0 Å². The van der Waals surface area contributed by atoms with Crippen LogP contribution in [0, 0.1) is 30.3 Å². The Labute approximate surface area is 201 Å². The van der Waals surface area contributed by atoms with E-state index in [1.54, 1.807) is 18.2 Å². The van der Waals surface area contributed by atoms with Gasteiger partial charge in [0.2, 0.25) is 13.6 Å². The Bertz CT molecular complexity index is 1110. The second-order valence-electron chi connectivity index (χ2n) is 6.30. The summed E-state index contributed by atoms with van der Waals surface area (Å²) in [5.74, 6) is 1.69. The molecule has 0 radical (unpaired) electrons. The second kappa shape index (κ2) is 13.5. The molecule has 0 atom stereocenters. The summed E-state index contributed by atoms with van der Waals surface area (Å²) in [4.78, 5) is 53.0. The lowest BCUT2D eigenvalue weighted by atomic mass is 10.1. The van der Waals surface area contributed by atoms with Crippen LogP contribution in [0.25, 0.3) is 0 Å². The standard InChI is InChI=1S/C9H7NO5.C9H8O3.CH3NO3.HNO3/c1-5(11)6-2-8-9(15-4-14-8)3-7(6)10(12)13;1-6(10)7-2-3-8-9(4-7)12-5-11-8;1-5-2(3)4;2-1(3)4/h2-3H,4H2,1H3;2-4H,5H2,1H3;1H3;(H,2,3,4). The van der Waals surface area contributed by atoms with Gasteiger partial charge in [0, 0.05) is 11.6 Å². The lowest BCUT2D eigenvalue weighted by molar-refractivity contribution is -0.749. The summed E-state index contributed by atoms with van der Waals surface area (Å²) in [6, 6.07) is 7.72. The van der Waals surface area contributed by atoms with E-state index in [1.807, 2.05) is 0 Å². The maximum atomic E-state index is 11.2. The molecule has 0 aromatic heterocycles. The number of Topliss-reactive ketones (excluding diaryl/α,β-unsaturated/α-hetero) is 2. The number of hydrogen-bond acceptors (Lipinski definition) is 13. The topological polar surface area (TPSA) is 230 Å². The number of nitro groups is 1. The molecule has 1 N–H and O–H groups in total. The average molecular weight is 513 g/mol. The van der Waals surface area contributed by atoms with Gasteiger partial charge in [-0.2, -0.15) is 0 Å². The molecule has 0 fully saturated rings. The maximum absolute atomic E-state index is 11.2. The normalized spacial score (nSPS) is 11.2. The molecular weight excluding hydrogens is 494 g/mol. The molecule has 2 heterocycles. The summed E-state index contributed by atoms with van der Waals surface area (Å²) in [7, 11) is 1.00. The van der Waals surface area contributed by atoms with Gasteiger partial charge in [-0.1, -0.05) is 0 Å². The molecule has 0 spiro atoms. The first kappa shape index (κ1) is 28.8. The fourth-order valence-corrected chi connectivity index (χ4v) is 2.48. The third-order valence-corrected chi connectivity index (χ3v) is 4.00. The molecule has 17 nitrogen and oxygen atoms in total. The largest absolute Gasteiger partial charge is 0.454 e. The molecule has 0 unspecified atom stereocenters. The predicted molar refractivity (Wildman–Crippen MR) is 115 cm³/mol. The molecule has 0 amide bonds. The minimum Gasteiger partial charge on any atom is -0.454 e. The molecule has 0 saturated heterocycles. The highest BCUT2D eigenvalue weighted by Gasteiger charge is 2.25. The molecule has 0 bridgehead atoms. The number of hydrogen-bond donors (Lipinski definition) is 1. The first-order valence-electron chi connectivity index (χ1n) is 9.38. The SMILES string of the molecule is CC(=O)c1cc2c(cc1[N+](=O)[O-])OCO2.CC(=O)c1ccc2c(c1)OCO2.CO[N+](=O)[O-].O=[N+]([O-])O. The van der Waals surface area contributed by atoms with Crippen LogP contribution in [0.15, 0.2) is 30.3 Å². The number of nitro benzene ring substituents is 1. The van der Waals surface area contributed by atoms with Crippen LogP contribution in [-0.4, -0.2) is 52.6 Å². The van der Waals surface area contributed by atoms with Crippen LogP contribution in [0.2, 0.25) is 0 Å². The molecule has 2 aliphatic heterocycles. The van der Waals surface area contributed by atoms with Crippen molar-refractivity contribution in [2.45, 2.75) is 13.8 Å². The number of rotatable bonds is 4. The zero-order valence-electron chi connectivity index (χ0n) is 18.9. The number of carbonyl (C=O) groups excluding carboxylic acids is 2. The highest BCUT2D eigenvalue weighted by molar-refractivity contribution is 5.99. The van der Waals surface area contributed by atoms with E-state index in [4.69, 9.17) is 44.4 Å². The van der Waals surface area contributed by atoms with E-state index in [1.165, 1.54) is 26.0 Å². The van der Waals surface area contributed by atoms with Crippen LogP contribution in [0.4, 0.5) is 5.69 Å². The Balaban J connectivity index is 0.000000275. The quantitative estimate of drug-likeness (QED) is 0.352. The van der Waals surface area contributed by atoms with Gasteiger partial charge in [0.25, 0.3) is 15.9 Å². The average Bonchev–Trinajstić information content (AvgIpc) is 3.46. The predicted octanol–water partition coefficient (Wildman–Crippen LogP) is 2.62. The number of ether oxygens (including phenoxy) is 4. The van der Waals surface area contributed by atoms with Crippen molar-refractivity contribution < 1.29 is 53.7 Å². The smallest absolute Gasteiger partial charge is 0.294 e. The van der Waals surface area contributed by atoms with Crippen LogP contribution >= 0.6 is 0 Å². The van der Waals surface area contributed by atoms with Crippen LogP contribution < -0.4 is 18.9 Å². The molecule has 17 heteroatoms. The summed E-state index contributed by atoms with van der Waals surface area (Å²) in [5.41, 5.74) is 0.426. The van der Waals surface area contributed by atoms with Crippen molar-refractivity contribution in [2.24, 2.45) is 0 Å². The van der Waals surface area contributed by atoms with Gasteiger partial charge in [0.1, 0.15) is 0 Å². The van der Waals surface area contributed by atoms with Crippen molar-refractivity contribution in [3.8, 4) is 23.0 Å². The van der Waals surface area contributed by atoms with E-state index in [0.29, 0.717) is 28.6 Å². The first-order valence-corrected chi connectivity index (χ1v) is 9.38. The minimum atomic E-state index is -1.50. The van der Waals surface area contributed by atoms with Crippen molar-refractivity contribution in [1.82, 2.24) is 0 Å². The van der Waals surface area contributed by atoms with Crippen molar-refractivity contribution in [1.29, 1.82) is 0 Å². The molecule has 4 rings (SSSR count). The molecule has 194 valence electrons. The van der Waals surface area contributed by atoms with Gasteiger partial charge in [-0.05, 0) is 32.0 Å². The van der Waals surface area contributed by atoms with Gasteiger partial charge in [-0.25, -0.2) is 0 Å². The summed E-state index contributed by atoms with van der Waals surface area (Å²) in [6.07, 6.45) is 0. The van der Waals surface area contributed by atoms with E-state index in [-0.39, 0.29) is 36.4 Å². The Kier molecular flexibility index (Phi) is 10.8. The van der Waals surface area contributed by atoms with E-state index in [0.717, 1.165) is 7.11 Å². The van der Waals surface area contributed by atoms with Crippen molar-refractivity contribution in [3.05, 3.63) is 71.8 Å². The first-order chi connectivity index (χ1) is 16.9. The third kappa shape index (κ3) is 8.96. The van der Waals surface area contributed by atoms with Crippen LogP contribution in [0.1, 0.15) is 34.6 Å². The Hall–Kier alpha value is -5.22. The molecule has 2 aromatic carbocycles. The number of nitrogens with zero attached hydrogens (tertiary/aromatic N) is 3. The summed E-state index contributed by atoms with van der Waals surface area (Å²) in [5, 5.41) is 32.4. The van der Waals surface area contributed by atoms with Gasteiger partial charge < -0.3 is 29.0 Å². The van der Waals surface area contributed by atoms with Gasteiger partial charge in [0.05, 0.1) is 23.7 Å². The highest BCUT2D eigenvalue weighted by Crippen LogP contribution is 2.38. The van der Waals surface area contributed by atoms with Crippen molar-refractivity contribution in [2.75, 3.05) is 20.7 Å². The molecule has 2 aromatic rings. The lowest BCUT2D eigenvalue weighted by Crippen LogP contribution is -1.99. The Morgan fingerprint density at radius 2 is 1.28 bits per heavy atom. The number of fused-ring (bicyclic) bond motifs is 2. The molecule has 36 heavy (non-hydrogen) atoms. The second-order valence-corrected chi connectivity index (χ2v) is 6.30. The van der Waals surface area contributed by atoms with Gasteiger partial charge in [-0.15, -0.1) is 20.2 Å². The minimum absolute atomic E-state index is 0.0217. The number of benzene rings is 2. The maximum Gasteiger partial charge on any atom is 0.294 e. The lowest BCUT2D eigenvalue weighted by Gasteiger charge is -2.00. The zero-order chi connectivity index (χ0) is 27.4. The number of carbonyl (C=O) groups is 2. The van der Waals surface area contributed by atoms with Crippen molar-refractivity contribution in [3.63, 3.8) is 0 Å². The van der Waals surface area contributed by atoms with E-state index < -0.39 is 15.1 Å². The summed E-state index contributed by atoms with van der Waals surface area (Å²) >= 11 is 0. The molecule has 0 aliphatic carbocycles. The third-order valence-electron chi connectivity index (χ3n) is 4.00. The molecular formula is C19H19N3O14. The summed E-state index contributed by atoms with van der Waals surface area (Å²) in [6.45, 7) is 3.06. The van der Waals surface area contributed by atoms with Gasteiger partial charge >= 0.3 is 0 Å². The van der Waals surface area contributed by atoms with Gasteiger partial charge in [0.15, 0.2) is 34.6 Å². The fraction of sp³-hybridized carbons (Fsp3) is 0.263. The Morgan fingerprint density at radius 3 is 1.69 bits per heavy atom. The van der Waals surface area contributed by atoms with E-state index in [9.17, 15) is 19.7 Å². The number of ketones is 2. The van der Waals surface area contributed by atoms with Crippen molar-refractivity contribution >= 4 is 17.3 Å². The van der Waals surface area contributed by atoms with E-state index >= 15 is 0 Å². The van der Waals surface area contributed by atoms with E-state index in [2.05, 4.69) is 4.84 Å². The zero-order valence-corrected chi connectivity index (χ0v) is 18.9.